The molecule has 0 aromatic carbocycles. The van der Waals surface area contributed by atoms with E-state index in [2.05, 4.69) is 33.0 Å². The van der Waals surface area contributed by atoms with Gasteiger partial charge in [0.05, 0.1) is 10.4 Å². The van der Waals surface area contributed by atoms with Crippen molar-refractivity contribution in [2.45, 2.75) is 59.8 Å². The lowest BCUT2D eigenvalue weighted by Crippen LogP contribution is -2.51. The molecule has 1 atom stereocenters. The monoisotopic (exact) mass is 284 g/mol. The zero-order valence-corrected chi connectivity index (χ0v) is 13.5. The van der Waals surface area contributed by atoms with Crippen LogP contribution in [0.2, 0.25) is 0 Å². The number of nitrogens with one attached hydrogen (secondary N) is 1. The minimum atomic E-state index is -0.592. The summed E-state index contributed by atoms with van der Waals surface area (Å²) in [6, 6.07) is 0. The number of carbonyl (C=O) groups excluding carboxylic acids is 1. The molecule has 0 aliphatic heterocycles. The van der Waals surface area contributed by atoms with E-state index >= 15 is 0 Å². The maximum absolute atomic E-state index is 12.5. The lowest BCUT2D eigenvalue weighted by molar-refractivity contribution is -0.129. The van der Waals surface area contributed by atoms with Gasteiger partial charge in [0, 0.05) is 6.54 Å². The van der Waals surface area contributed by atoms with Gasteiger partial charge in [-0.15, -0.1) is 0 Å². The maximum atomic E-state index is 12.5. The van der Waals surface area contributed by atoms with Crippen LogP contribution in [0, 0.1) is 16.7 Å². The Morgan fingerprint density at radius 1 is 1.32 bits per heavy atom. The van der Waals surface area contributed by atoms with Crippen LogP contribution < -0.4 is 11.1 Å². The molecule has 1 aliphatic carbocycles. The van der Waals surface area contributed by atoms with Gasteiger partial charge in [-0.3, -0.25) is 4.79 Å². The Labute approximate surface area is 122 Å². The van der Waals surface area contributed by atoms with Crippen molar-refractivity contribution in [2.75, 3.05) is 6.54 Å². The fourth-order valence-corrected chi connectivity index (χ4v) is 2.76. The molecule has 1 fully saturated rings. The van der Waals surface area contributed by atoms with E-state index in [-0.39, 0.29) is 11.3 Å². The van der Waals surface area contributed by atoms with Crippen molar-refractivity contribution in [3.63, 3.8) is 0 Å². The van der Waals surface area contributed by atoms with Gasteiger partial charge in [-0.2, -0.15) is 0 Å². The first-order chi connectivity index (χ1) is 8.70. The van der Waals surface area contributed by atoms with Gasteiger partial charge < -0.3 is 11.1 Å². The Kier molecular flexibility index (Phi) is 5.36. The molecule has 0 aromatic rings. The van der Waals surface area contributed by atoms with Crippen molar-refractivity contribution in [3.05, 3.63) is 0 Å². The predicted molar refractivity (Wildman–Crippen MR) is 83.9 cm³/mol. The van der Waals surface area contributed by atoms with Gasteiger partial charge in [-0.1, -0.05) is 59.2 Å². The maximum Gasteiger partial charge on any atom is 0.233 e. The van der Waals surface area contributed by atoms with Crippen LogP contribution in [0.3, 0.4) is 0 Å². The molecule has 1 saturated carbocycles. The van der Waals surface area contributed by atoms with Gasteiger partial charge >= 0.3 is 0 Å². The topological polar surface area (TPSA) is 55.1 Å². The van der Waals surface area contributed by atoms with Crippen LogP contribution in [0.25, 0.3) is 0 Å². The Morgan fingerprint density at radius 2 is 1.84 bits per heavy atom. The number of rotatable bonds is 4. The Morgan fingerprint density at radius 3 is 2.26 bits per heavy atom. The van der Waals surface area contributed by atoms with Crippen molar-refractivity contribution >= 4 is 23.1 Å². The van der Waals surface area contributed by atoms with Gasteiger partial charge in [-0.05, 0) is 24.2 Å². The summed E-state index contributed by atoms with van der Waals surface area (Å²) < 4.78 is 0. The summed E-state index contributed by atoms with van der Waals surface area (Å²) in [5.74, 6) is 0.458. The van der Waals surface area contributed by atoms with E-state index in [1.807, 2.05) is 0 Å². The molecule has 110 valence electrons. The summed E-state index contributed by atoms with van der Waals surface area (Å²) in [7, 11) is 0. The molecule has 4 heteroatoms. The third-order valence-corrected chi connectivity index (χ3v) is 5.05. The number of carbonyl (C=O) groups is 1. The van der Waals surface area contributed by atoms with Crippen LogP contribution in [0.1, 0.15) is 59.8 Å². The highest BCUT2D eigenvalue weighted by Crippen LogP contribution is 2.37. The van der Waals surface area contributed by atoms with Gasteiger partial charge in [0.1, 0.15) is 0 Å². The second kappa shape index (κ2) is 6.21. The summed E-state index contributed by atoms with van der Waals surface area (Å²) in [5.41, 5.74) is 5.46. The predicted octanol–water partition coefficient (Wildman–Crippen LogP) is 3.02. The fourth-order valence-electron chi connectivity index (χ4n) is 2.46. The highest BCUT2D eigenvalue weighted by atomic mass is 32.1. The SMILES string of the molecule is CC(CNC(=O)C1(C(N)=S)CCCCC1)C(C)(C)C. The second-order valence-corrected chi connectivity index (χ2v) is 7.42. The number of thiocarbonyl (C=S) groups is 1. The molecule has 0 saturated heterocycles. The molecule has 0 aromatic heterocycles. The molecule has 1 aliphatic rings. The van der Waals surface area contributed by atoms with E-state index in [4.69, 9.17) is 18.0 Å². The molecule has 3 nitrogen and oxygen atoms in total. The molecule has 1 unspecified atom stereocenters. The number of amides is 1. The number of nitrogens with two attached hydrogens (primary N) is 1. The third kappa shape index (κ3) is 3.91. The quantitative estimate of drug-likeness (QED) is 0.780. The first-order valence-electron chi connectivity index (χ1n) is 7.28. The summed E-state index contributed by atoms with van der Waals surface area (Å²) in [6.45, 7) is 9.41. The van der Waals surface area contributed by atoms with E-state index < -0.39 is 5.41 Å². The van der Waals surface area contributed by atoms with Crippen molar-refractivity contribution in [3.8, 4) is 0 Å². The normalized spacial score (nSPS) is 20.6. The first kappa shape index (κ1) is 16.4. The van der Waals surface area contributed by atoms with Gasteiger partial charge in [-0.25, -0.2) is 0 Å². The fraction of sp³-hybridized carbons (Fsp3) is 0.867. The smallest absolute Gasteiger partial charge is 0.233 e. The largest absolute Gasteiger partial charge is 0.392 e. The van der Waals surface area contributed by atoms with Crippen LogP contribution in [-0.2, 0) is 4.79 Å². The van der Waals surface area contributed by atoms with E-state index in [0.717, 1.165) is 25.7 Å². The van der Waals surface area contributed by atoms with E-state index in [1.165, 1.54) is 6.42 Å². The second-order valence-electron chi connectivity index (χ2n) is 6.98. The van der Waals surface area contributed by atoms with Crippen LogP contribution >= 0.6 is 12.2 Å². The van der Waals surface area contributed by atoms with Gasteiger partial charge in [0.2, 0.25) is 5.91 Å². The van der Waals surface area contributed by atoms with Crippen LogP contribution in [0.15, 0.2) is 0 Å². The molecular weight excluding hydrogens is 256 g/mol. The van der Waals surface area contributed by atoms with Crippen molar-refractivity contribution < 1.29 is 4.79 Å². The Hall–Kier alpha value is -0.640. The summed E-state index contributed by atoms with van der Waals surface area (Å²) in [6.07, 6.45) is 4.87. The number of hydrogen-bond acceptors (Lipinski definition) is 2. The highest BCUT2D eigenvalue weighted by molar-refractivity contribution is 7.80. The van der Waals surface area contributed by atoms with E-state index in [1.54, 1.807) is 0 Å². The van der Waals surface area contributed by atoms with Gasteiger partial charge in [0.15, 0.2) is 0 Å². The standard InChI is InChI=1S/C15H28N2OS/c1-11(14(2,3)4)10-17-13(18)15(12(16)19)8-6-5-7-9-15/h11H,5-10H2,1-4H3,(H2,16,19)(H,17,18). The molecular formula is C15H28N2OS. The summed E-state index contributed by atoms with van der Waals surface area (Å²) >= 11 is 5.17. The average molecular weight is 284 g/mol. The zero-order valence-electron chi connectivity index (χ0n) is 12.7. The third-order valence-electron chi connectivity index (χ3n) is 4.66. The van der Waals surface area contributed by atoms with E-state index in [9.17, 15) is 4.79 Å². The first-order valence-corrected chi connectivity index (χ1v) is 7.69. The molecule has 1 amide bonds. The molecule has 0 bridgehead atoms. The molecule has 3 N–H and O–H groups in total. The van der Waals surface area contributed by atoms with Gasteiger partial charge in [0.25, 0.3) is 0 Å². The minimum Gasteiger partial charge on any atom is -0.392 e. The number of hydrogen-bond donors (Lipinski definition) is 2. The van der Waals surface area contributed by atoms with E-state index in [0.29, 0.717) is 17.5 Å². The molecule has 1 rings (SSSR count). The van der Waals surface area contributed by atoms with Crippen molar-refractivity contribution in [2.24, 2.45) is 22.5 Å². The van der Waals surface area contributed by atoms with Crippen LogP contribution in [0.4, 0.5) is 0 Å². The van der Waals surface area contributed by atoms with Crippen molar-refractivity contribution in [1.82, 2.24) is 5.32 Å². The van der Waals surface area contributed by atoms with Crippen molar-refractivity contribution in [1.29, 1.82) is 0 Å². The average Bonchev–Trinajstić information content (AvgIpc) is 2.34. The Balaban J connectivity index is 2.66. The van der Waals surface area contributed by atoms with Crippen LogP contribution in [-0.4, -0.2) is 17.4 Å². The summed E-state index contributed by atoms with van der Waals surface area (Å²) in [5, 5.41) is 3.07. The summed E-state index contributed by atoms with van der Waals surface area (Å²) in [4.78, 5) is 12.9. The lowest BCUT2D eigenvalue weighted by Gasteiger charge is -2.36. The minimum absolute atomic E-state index is 0.0378. The highest BCUT2D eigenvalue weighted by Gasteiger charge is 2.42. The zero-order chi connectivity index (χ0) is 14.7. The Bertz CT molecular complexity index is 341. The molecule has 19 heavy (non-hydrogen) atoms. The molecule has 0 heterocycles. The van der Waals surface area contributed by atoms with Crippen LogP contribution in [0.5, 0.6) is 0 Å². The lowest BCUT2D eigenvalue weighted by atomic mass is 9.73. The molecule has 0 spiro atoms. The molecule has 0 radical (unpaired) electrons.